The van der Waals surface area contributed by atoms with E-state index in [-0.39, 0.29) is 5.91 Å². The molecule has 1 amide bonds. The molecule has 0 saturated carbocycles. The number of nitrogens with one attached hydrogen (secondary N) is 1. The Morgan fingerprint density at radius 1 is 1.00 bits per heavy atom. The van der Waals surface area contributed by atoms with Crippen molar-refractivity contribution in [1.82, 2.24) is 5.43 Å². The van der Waals surface area contributed by atoms with Crippen LogP contribution in [0.3, 0.4) is 0 Å². The molecule has 28 heavy (non-hydrogen) atoms. The van der Waals surface area contributed by atoms with E-state index in [0.29, 0.717) is 23.0 Å². The second kappa shape index (κ2) is 10.6. The number of aryl methyl sites for hydroxylation is 2. The molecule has 0 aliphatic rings. The minimum Gasteiger partial charge on any atom is -0.493 e. The average molecular weight is 403 g/mol. The van der Waals surface area contributed by atoms with Gasteiger partial charge in [-0.3, -0.25) is 4.79 Å². The molecule has 0 saturated heterocycles. The Morgan fingerprint density at radius 2 is 1.61 bits per heavy atom. The first-order valence-electron chi connectivity index (χ1n) is 8.73. The Hall–Kier alpha value is -2.67. The highest BCUT2D eigenvalue weighted by Crippen LogP contribution is 2.37. The van der Waals surface area contributed by atoms with Crippen molar-refractivity contribution in [2.24, 2.45) is 5.10 Å². The second-order valence-electron chi connectivity index (χ2n) is 6.24. The number of methoxy groups -OCH3 is 3. The topological polar surface area (TPSA) is 69.2 Å². The first-order valence-corrected chi connectivity index (χ1v) is 9.89. The van der Waals surface area contributed by atoms with E-state index in [1.807, 2.05) is 0 Å². The van der Waals surface area contributed by atoms with Crippen LogP contribution in [0.5, 0.6) is 17.2 Å². The SMILES string of the molecule is COc1cc(/C=N/NC(=O)CSCc2cc(C)cc(C)c2)cc(OC)c1OC. The number of hydrazone groups is 1. The Balaban J connectivity index is 1.89. The van der Waals surface area contributed by atoms with Gasteiger partial charge >= 0.3 is 0 Å². The summed E-state index contributed by atoms with van der Waals surface area (Å²) in [6.45, 7) is 4.15. The standard InChI is InChI=1S/C21H26N2O4S/c1-14-6-15(2)8-17(7-14)12-28-13-20(24)23-22-11-16-9-18(25-3)21(27-5)19(10-16)26-4/h6-11H,12-13H2,1-5H3,(H,23,24)/b22-11+. The van der Waals surface area contributed by atoms with Crippen molar-refractivity contribution in [3.8, 4) is 17.2 Å². The highest BCUT2D eigenvalue weighted by atomic mass is 32.2. The number of rotatable bonds is 9. The van der Waals surface area contributed by atoms with Gasteiger partial charge in [0.1, 0.15) is 0 Å². The third-order valence-electron chi connectivity index (χ3n) is 3.87. The number of carbonyl (C=O) groups is 1. The molecule has 1 N–H and O–H groups in total. The van der Waals surface area contributed by atoms with E-state index >= 15 is 0 Å². The molecule has 0 heterocycles. The van der Waals surface area contributed by atoms with E-state index in [0.717, 1.165) is 11.3 Å². The average Bonchev–Trinajstić information content (AvgIpc) is 2.66. The molecule has 150 valence electrons. The van der Waals surface area contributed by atoms with Crippen molar-refractivity contribution in [3.63, 3.8) is 0 Å². The van der Waals surface area contributed by atoms with Gasteiger partial charge in [-0.1, -0.05) is 29.3 Å². The third-order valence-corrected chi connectivity index (χ3v) is 4.88. The molecule has 0 aliphatic carbocycles. The van der Waals surface area contributed by atoms with Crippen LogP contribution < -0.4 is 19.6 Å². The second-order valence-corrected chi connectivity index (χ2v) is 7.23. The maximum atomic E-state index is 12.0. The Labute approximate surface area is 170 Å². The normalized spacial score (nSPS) is 10.8. The number of benzene rings is 2. The summed E-state index contributed by atoms with van der Waals surface area (Å²) in [5.74, 6) is 2.52. The van der Waals surface area contributed by atoms with Crippen LogP contribution in [0.4, 0.5) is 0 Å². The first kappa shape index (κ1) is 21.6. The molecular weight excluding hydrogens is 376 g/mol. The number of ether oxygens (including phenoxy) is 3. The molecule has 0 fully saturated rings. The number of hydrogen-bond donors (Lipinski definition) is 1. The van der Waals surface area contributed by atoms with Gasteiger partial charge < -0.3 is 14.2 Å². The van der Waals surface area contributed by atoms with Crippen molar-refractivity contribution in [1.29, 1.82) is 0 Å². The van der Waals surface area contributed by atoms with Crippen LogP contribution >= 0.6 is 11.8 Å². The lowest BCUT2D eigenvalue weighted by atomic mass is 10.1. The summed E-state index contributed by atoms with van der Waals surface area (Å²) in [6.07, 6.45) is 1.54. The van der Waals surface area contributed by atoms with Crippen LogP contribution in [-0.2, 0) is 10.5 Å². The van der Waals surface area contributed by atoms with Crippen LogP contribution in [0.15, 0.2) is 35.4 Å². The third kappa shape index (κ3) is 6.20. The summed E-state index contributed by atoms with van der Waals surface area (Å²) in [5.41, 5.74) is 6.94. The van der Waals surface area contributed by atoms with Gasteiger partial charge in [-0.05, 0) is 31.5 Å². The first-order chi connectivity index (χ1) is 13.5. The summed E-state index contributed by atoms with van der Waals surface area (Å²) >= 11 is 1.55. The largest absolute Gasteiger partial charge is 0.493 e. The van der Waals surface area contributed by atoms with E-state index in [4.69, 9.17) is 14.2 Å². The van der Waals surface area contributed by atoms with Crippen LogP contribution in [-0.4, -0.2) is 39.2 Å². The molecule has 0 radical (unpaired) electrons. The highest BCUT2D eigenvalue weighted by molar-refractivity contribution is 7.99. The summed E-state index contributed by atoms with van der Waals surface area (Å²) in [7, 11) is 4.64. The molecule has 0 aromatic heterocycles. The molecule has 7 heteroatoms. The van der Waals surface area contributed by atoms with Crippen molar-refractivity contribution in [2.75, 3.05) is 27.1 Å². The summed E-state index contributed by atoms with van der Waals surface area (Å²) < 4.78 is 15.9. The van der Waals surface area contributed by atoms with Crippen molar-refractivity contribution < 1.29 is 19.0 Å². The van der Waals surface area contributed by atoms with Crippen molar-refractivity contribution in [2.45, 2.75) is 19.6 Å². The van der Waals surface area contributed by atoms with Crippen molar-refractivity contribution in [3.05, 3.63) is 52.6 Å². The van der Waals surface area contributed by atoms with E-state index in [1.165, 1.54) is 22.9 Å². The maximum absolute atomic E-state index is 12.0. The van der Waals surface area contributed by atoms with Crippen LogP contribution in [0.25, 0.3) is 0 Å². The number of carbonyl (C=O) groups excluding carboxylic acids is 1. The van der Waals surface area contributed by atoms with Gasteiger partial charge in [0.25, 0.3) is 0 Å². The summed E-state index contributed by atoms with van der Waals surface area (Å²) in [4.78, 5) is 12.0. The van der Waals surface area contributed by atoms with Gasteiger partial charge in [0.15, 0.2) is 11.5 Å². The van der Waals surface area contributed by atoms with Gasteiger partial charge in [-0.25, -0.2) is 5.43 Å². The summed E-state index contributed by atoms with van der Waals surface area (Å²) in [6, 6.07) is 9.93. The van der Waals surface area contributed by atoms with E-state index in [1.54, 1.807) is 45.2 Å². The van der Waals surface area contributed by atoms with Gasteiger partial charge in [0, 0.05) is 11.3 Å². The fourth-order valence-corrected chi connectivity index (χ4v) is 3.56. The lowest BCUT2D eigenvalue weighted by molar-refractivity contribution is -0.118. The molecule has 6 nitrogen and oxygen atoms in total. The van der Waals surface area contributed by atoms with E-state index in [9.17, 15) is 4.79 Å². The number of hydrogen-bond acceptors (Lipinski definition) is 6. The zero-order valence-corrected chi connectivity index (χ0v) is 17.7. The summed E-state index contributed by atoms with van der Waals surface area (Å²) in [5, 5.41) is 4.01. The predicted molar refractivity (Wildman–Crippen MR) is 114 cm³/mol. The molecule has 2 aromatic rings. The fourth-order valence-electron chi connectivity index (χ4n) is 2.80. The minimum absolute atomic E-state index is 0.155. The lowest BCUT2D eigenvalue weighted by Crippen LogP contribution is -2.19. The zero-order chi connectivity index (χ0) is 20.5. The van der Waals surface area contributed by atoms with Gasteiger partial charge in [0.2, 0.25) is 11.7 Å². The molecule has 0 aliphatic heterocycles. The Bertz CT molecular complexity index is 807. The molecule has 0 spiro atoms. The molecule has 0 bridgehead atoms. The van der Waals surface area contributed by atoms with Crippen molar-refractivity contribution >= 4 is 23.9 Å². The number of thioether (sulfide) groups is 1. The van der Waals surface area contributed by atoms with E-state index < -0.39 is 0 Å². The molecule has 0 atom stereocenters. The maximum Gasteiger partial charge on any atom is 0.250 e. The van der Waals surface area contributed by atoms with Gasteiger partial charge in [-0.2, -0.15) is 5.10 Å². The number of nitrogens with zero attached hydrogens (tertiary/aromatic N) is 1. The van der Waals surface area contributed by atoms with E-state index in [2.05, 4.69) is 42.6 Å². The Morgan fingerprint density at radius 3 is 2.14 bits per heavy atom. The zero-order valence-electron chi connectivity index (χ0n) is 16.9. The van der Waals surface area contributed by atoms with Crippen LogP contribution in [0.1, 0.15) is 22.3 Å². The van der Waals surface area contributed by atoms with Gasteiger partial charge in [-0.15, -0.1) is 11.8 Å². The monoisotopic (exact) mass is 402 g/mol. The van der Waals surface area contributed by atoms with Crippen LogP contribution in [0, 0.1) is 13.8 Å². The predicted octanol–water partition coefficient (Wildman–Crippen LogP) is 3.71. The molecular formula is C21H26N2O4S. The minimum atomic E-state index is -0.155. The molecule has 2 rings (SSSR count). The van der Waals surface area contributed by atoms with Gasteiger partial charge in [0.05, 0.1) is 33.3 Å². The Kier molecular flexibility index (Phi) is 8.19. The fraction of sp³-hybridized carbons (Fsp3) is 0.333. The highest BCUT2D eigenvalue weighted by Gasteiger charge is 2.12. The number of amides is 1. The quantitative estimate of drug-likeness (QED) is 0.511. The molecule has 0 unspecified atom stereocenters. The molecule has 2 aromatic carbocycles. The smallest absolute Gasteiger partial charge is 0.250 e. The van der Waals surface area contributed by atoms with Crippen LogP contribution in [0.2, 0.25) is 0 Å². The lowest BCUT2D eigenvalue weighted by Gasteiger charge is -2.12.